The number of nitrogen functional groups attached to an aromatic ring is 1. The van der Waals surface area contributed by atoms with Crippen LogP contribution in [0.1, 0.15) is 10.4 Å². The Hall–Kier alpha value is -1.19. The summed E-state index contributed by atoms with van der Waals surface area (Å²) in [6.45, 7) is 2.78. The summed E-state index contributed by atoms with van der Waals surface area (Å²) in [4.78, 5) is 1.20. The number of hydrogen-bond donors (Lipinski definition) is 2. The van der Waals surface area contributed by atoms with E-state index in [-0.39, 0.29) is 0 Å². The van der Waals surface area contributed by atoms with Crippen LogP contribution in [0.2, 0.25) is 4.34 Å². The van der Waals surface area contributed by atoms with Gasteiger partial charge in [0, 0.05) is 11.4 Å². The van der Waals surface area contributed by atoms with E-state index >= 15 is 0 Å². The molecule has 0 spiro atoms. The highest BCUT2D eigenvalue weighted by molar-refractivity contribution is 7.16. The molecular formula is C12H13ClN2S. The van der Waals surface area contributed by atoms with Crippen molar-refractivity contribution in [1.82, 2.24) is 0 Å². The van der Waals surface area contributed by atoms with E-state index in [9.17, 15) is 0 Å². The first-order valence-corrected chi connectivity index (χ1v) is 6.19. The van der Waals surface area contributed by atoms with Crippen LogP contribution in [0.25, 0.3) is 0 Å². The Morgan fingerprint density at radius 2 is 2.12 bits per heavy atom. The van der Waals surface area contributed by atoms with Crippen molar-refractivity contribution in [1.29, 1.82) is 0 Å². The van der Waals surface area contributed by atoms with Crippen LogP contribution in [0.15, 0.2) is 30.3 Å². The van der Waals surface area contributed by atoms with Gasteiger partial charge in [0.2, 0.25) is 0 Å². The van der Waals surface area contributed by atoms with Gasteiger partial charge in [0.15, 0.2) is 0 Å². The van der Waals surface area contributed by atoms with Crippen LogP contribution < -0.4 is 11.1 Å². The van der Waals surface area contributed by atoms with E-state index in [2.05, 4.69) is 5.32 Å². The van der Waals surface area contributed by atoms with Gasteiger partial charge >= 0.3 is 0 Å². The molecule has 1 heterocycles. The molecule has 1 aromatic heterocycles. The van der Waals surface area contributed by atoms with E-state index < -0.39 is 0 Å². The maximum atomic E-state index is 5.91. The second-order valence-corrected chi connectivity index (χ2v) is 5.45. The lowest BCUT2D eigenvalue weighted by atomic mass is 10.2. The molecule has 3 N–H and O–H groups in total. The molecule has 0 atom stereocenters. The van der Waals surface area contributed by atoms with E-state index in [1.165, 1.54) is 10.4 Å². The van der Waals surface area contributed by atoms with Gasteiger partial charge in [-0.2, -0.15) is 0 Å². The number of thiophene rings is 1. The van der Waals surface area contributed by atoms with Gasteiger partial charge in [-0.25, -0.2) is 0 Å². The molecule has 0 aliphatic carbocycles. The fourth-order valence-corrected chi connectivity index (χ4v) is 2.50. The summed E-state index contributed by atoms with van der Waals surface area (Å²) in [7, 11) is 0. The second kappa shape index (κ2) is 4.76. The standard InChI is InChI=1S/C12H13ClN2S/c1-8-2-4-11(10(14)6-8)15-7-9-3-5-12(13)16-9/h2-6,15H,7,14H2,1H3. The molecular weight excluding hydrogens is 240 g/mol. The number of anilines is 2. The van der Waals surface area contributed by atoms with Gasteiger partial charge in [-0.05, 0) is 36.8 Å². The fourth-order valence-electron chi connectivity index (χ4n) is 1.47. The lowest BCUT2D eigenvalue weighted by Crippen LogP contribution is -2.01. The summed E-state index contributed by atoms with van der Waals surface area (Å²) in [5.41, 5.74) is 8.82. The van der Waals surface area contributed by atoms with Crippen molar-refractivity contribution in [3.8, 4) is 0 Å². The van der Waals surface area contributed by atoms with Crippen LogP contribution in [0, 0.1) is 6.92 Å². The van der Waals surface area contributed by atoms with E-state index in [4.69, 9.17) is 17.3 Å². The molecule has 16 heavy (non-hydrogen) atoms. The number of rotatable bonds is 3. The zero-order valence-electron chi connectivity index (χ0n) is 8.96. The van der Waals surface area contributed by atoms with Crippen molar-refractivity contribution in [2.45, 2.75) is 13.5 Å². The summed E-state index contributed by atoms with van der Waals surface area (Å²) < 4.78 is 0.814. The highest BCUT2D eigenvalue weighted by Crippen LogP contribution is 2.24. The van der Waals surface area contributed by atoms with E-state index in [0.717, 1.165) is 22.3 Å². The maximum Gasteiger partial charge on any atom is 0.0931 e. The topological polar surface area (TPSA) is 38.0 Å². The molecule has 2 aromatic rings. The third kappa shape index (κ3) is 2.68. The predicted octanol–water partition coefficient (Wildman–Crippen LogP) is 3.90. The smallest absolute Gasteiger partial charge is 0.0931 e. The average molecular weight is 253 g/mol. The number of nitrogens with two attached hydrogens (primary N) is 1. The molecule has 0 aliphatic rings. The molecule has 0 saturated heterocycles. The molecule has 0 radical (unpaired) electrons. The minimum Gasteiger partial charge on any atom is -0.397 e. The van der Waals surface area contributed by atoms with Crippen molar-refractivity contribution < 1.29 is 0 Å². The van der Waals surface area contributed by atoms with Gasteiger partial charge in [0.25, 0.3) is 0 Å². The quantitative estimate of drug-likeness (QED) is 0.813. The van der Waals surface area contributed by atoms with E-state index in [0.29, 0.717) is 0 Å². The van der Waals surface area contributed by atoms with Crippen LogP contribution in [-0.4, -0.2) is 0 Å². The van der Waals surface area contributed by atoms with Gasteiger partial charge in [0.05, 0.1) is 15.7 Å². The maximum absolute atomic E-state index is 5.91. The molecule has 2 rings (SSSR count). The second-order valence-electron chi connectivity index (χ2n) is 3.65. The lowest BCUT2D eigenvalue weighted by molar-refractivity contribution is 1.19. The van der Waals surface area contributed by atoms with Gasteiger partial charge < -0.3 is 11.1 Å². The third-order valence-corrected chi connectivity index (χ3v) is 3.52. The van der Waals surface area contributed by atoms with Crippen LogP contribution >= 0.6 is 22.9 Å². The first-order valence-electron chi connectivity index (χ1n) is 4.99. The summed E-state index contributed by atoms with van der Waals surface area (Å²) in [6.07, 6.45) is 0. The molecule has 0 bridgehead atoms. The molecule has 1 aromatic carbocycles. The number of aryl methyl sites for hydroxylation is 1. The molecule has 2 nitrogen and oxygen atoms in total. The molecule has 0 amide bonds. The zero-order valence-corrected chi connectivity index (χ0v) is 10.5. The van der Waals surface area contributed by atoms with Gasteiger partial charge in [-0.1, -0.05) is 17.7 Å². The zero-order chi connectivity index (χ0) is 11.5. The Balaban J connectivity index is 2.04. The molecule has 0 aliphatic heterocycles. The Morgan fingerprint density at radius 3 is 2.75 bits per heavy atom. The van der Waals surface area contributed by atoms with Crippen molar-refractivity contribution in [2.75, 3.05) is 11.1 Å². The van der Waals surface area contributed by atoms with Crippen molar-refractivity contribution >= 4 is 34.3 Å². The average Bonchev–Trinajstić information content (AvgIpc) is 2.63. The molecule has 4 heteroatoms. The Labute approximate surface area is 104 Å². The van der Waals surface area contributed by atoms with Crippen molar-refractivity contribution in [3.05, 3.63) is 45.1 Å². The largest absolute Gasteiger partial charge is 0.397 e. The Morgan fingerprint density at radius 1 is 1.31 bits per heavy atom. The first-order chi connectivity index (χ1) is 7.65. The summed E-state index contributed by atoms with van der Waals surface area (Å²) >= 11 is 7.44. The fraction of sp³-hybridized carbons (Fsp3) is 0.167. The third-order valence-electron chi connectivity index (χ3n) is 2.29. The molecule has 84 valence electrons. The molecule has 0 unspecified atom stereocenters. The highest BCUT2D eigenvalue weighted by atomic mass is 35.5. The van der Waals surface area contributed by atoms with Crippen LogP contribution in [0.4, 0.5) is 11.4 Å². The monoisotopic (exact) mass is 252 g/mol. The van der Waals surface area contributed by atoms with Crippen molar-refractivity contribution in [2.24, 2.45) is 0 Å². The Bertz CT molecular complexity index is 494. The summed E-state index contributed by atoms with van der Waals surface area (Å²) in [5.74, 6) is 0. The lowest BCUT2D eigenvalue weighted by Gasteiger charge is -2.08. The van der Waals surface area contributed by atoms with E-state index in [1.807, 2.05) is 37.3 Å². The number of halogens is 1. The number of hydrogen-bond acceptors (Lipinski definition) is 3. The highest BCUT2D eigenvalue weighted by Gasteiger charge is 2.01. The van der Waals surface area contributed by atoms with E-state index in [1.54, 1.807) is 11.3 Å². The molecule has 0 fully saturated rings. The number of benzene rings is 1. The minimum absolute atomic E-state index is 0.755. The summed E-state index contributed by atoms with van der Waals surface area (Å²) in [5, 5.41) is 3.30. The van der Waals surface area contributed by atoms with Crippen molar-refractivity contribution in [3.63, 3.8) is 0 Å². The minimum atomic E-state index is 0.755. The molecule has 0 saturated carbocycles. The first kappa shape index (κ1) is 11.3. The summed E-state index contributed by atoms with van der Waals surface area (Å²) in [6, 6.07) is 9.93. The normalized spacial score (nSPS) is 10.4. The van der Waals surface area contributed by atoms with Gasteiger partial charge in [-0.15, -0.1) is 11.3 Å². The van der Waals surface area contributed by atoms with Gasteiger partial charge in [-0.3, -0.25) is 0 Å². The Kier molecular flexibility index (Phi) is 3.36. The van der Waals surface area contributed by atoms with Crippen LogP contribution in [-0.2, 0) is 6.54 Å². The van der Waals surface area contributed by atoms with Crippen LogP contribution in [0.3, 0.4) is 0 Å². The SMILES string of the molecule is Cc1ccc(NCc2ccc(Cl)s2)c(N)c1. The number of nitrogens with one attached hydrogen (secondary N) is 1. The van der Waals surface area contributed by atoms with Crippen LogP contribution in [0.5, 0.6) is 0 Å². The predicted molar refractivity (Wildman–Crippen MR) is 72.2 cm³/mol. The van der Waals surface area contributed by atoms with Gasteiger partial charge in [0.1, 0.15) is 0 Å².